The van der Waals surface area contributed by atoms with Gasteiger partial charge in [-0.05, 0) is 60.7 Å². The fraction of sp³-hybridized carbons (Fsp3) is 0.381. The summed E-state index contributed by atoms with van der Waals surface area (Å²) in [6.07, 6.45) is 1.23. The average molecular weight is 405 g/mol. The molecule has 0 aliphatic carbocycles. The lowest BCUT2D eigenvalue weighted by Crippen LogP contribution is -2.43. The number of amides is 1. The maximum absolute atomic E-state index is 13.1. The molecule has 0 aromatic heterocycles. The van der Waals surface area contributed by atoms with Crippen LogP contribution in [0.4, 0.5) is 10.1 Å². The highest BCUT2D eigenvalue weighted by Gasteiger charge is 2.33. The Morgan fingerprint density at radius 1 is 1.18 bits per heavy atom. The maximum atomic E-state index is 13.1. The summed E-state index contributed by atoms with van der Waals surface area (Å²) in [5.74, 6) is -0.743. The van der Waals surface area contributed by atoms with E-state index in [9.17, 15) is 17.6 Å². The Balaban J connectivity index is 1.71. The number of hydrogen-bond donors (Lipinski definition) is 1. The number of hydrogen-bond acceptors (Lipinski definition) is 3. The number of nitrogens with one attached hydrogen (secondary N) is 1. The number of sulfonamides is 1. The van der Waals surface area contributed by atoms with E-state index in [0.29, 0.717) is 25.3 Å². The Hall–Kier alpha value is -2.25. The van der Waals surface area contributed by atoms with Crippen LogP contribution in [-0.4, -0.2) is 31.7 Å². The minimum absolute atomic E-state index is 0.0413. The average Bonchev–Trinajstić information content (AvgIpc) is 2.68. The van der Waals surface area contributed by atoms with Crippen molar-refractivity contribution in [3.63, 3.8) is 0 Å². The van der Waals surface area contributed by atoms with Crippen LogP contribution >= 0.6 is 0 Å². The molecule has 1 fully saturated rings. The molecule has 0 radical (unpaired) electrons. The van der Waals surface area contributed by atoms with E-state index in [2.05, 4.69) is 19.2 Å². The van der Waals surface area contributed by atoms with Crippen LogP contribution in [0.25, 0.3) is 0 Å². The lowest BCUT2D eigenvalue weighted by atomic mass is 9.98. The highest BCUT2D eigenvalue weighted by molar-refractivity contribution is 7.89. The molecule has 1 aliphatic heterocycles. The zero-order valence-electron chi connectivity index (χ0n) is 16.1. The van der Waals surface area contributed by atoms with Crippen molar-refractivity contribution < 1.29 is 17.6 Å². The molecule has 1 atom stereocenters. The molecule has 1 heterocycles. The first-order chi connectivity index (χ1) is 13.3. The summed E-state index contributed by atoms with van der Waals surface area (Å²) in [5.41, 5.74) is 1.84. The van der Waals surface area contributed by atoms with Crippen LogP contribution in [0.15, 0.2) is 53.4 Å². The van der Waals surface area contributed by atoms with Gasteiger partial charge in [-0.2, -0.15) is 4.31 Å². The summed E-state index contributed by atoms with van der Waals surface area (Å²) < 4.78 is 40.1. The van der Waals surface area contributed by atoms with Gasteiger partial charge in [0.1, 0.15) is 5.82 Å². The number of halogens is 1. The Morgan fingerprint density at radius 2 is 1.89 bits per heavy atom. The van der Waals surface area contributed by atoms with Gasteiger partial charge in [0, 0.05) is 18.8 Å². The molecule has 0 saturated carbocycles. The Bertz CT molecular complexity index is 942. The highest BCUT2D eigenvalue weighted by atomic mass is 32.2. The van der Waals surface area contributed by atoms with Gasteiger partial charge < -0.3 is 5.32 Å². The van der Waals surface area contributed by atoms with Crippen LogP contribution in [0.3, 0.4) is 0 Å². The standard InChI is InChI=1S/C21H25FN2O3S/c1-15(2)16-5-3-7-19(13-16)23-21(25)17-6-4-12-24(14-17)28(26,27)20-10-8-18(22)9-11-20/h3,5,7-11,13,15,17H,4,6,12,14H2,1-2H3,(H,23,25)/t17-/m0/s1. The summed E-state index contributed by atoms with van der Waals surface area (Å²) in [4.78, 5) is 12.8. The minimum atomic E-state index is -3.75. The first-order valence-corrected chi connectivity index (χ1v) is 10.9. The van der Waals surface area contributed by atoms with Crippen molar-refractivity contribution in [3.05, 3.63) is 59.9 Å². The van der Waals surface area contributed by atoms with E-state index < -0.39 is 21.8 Å². The third kappa shape index (κ3) is 4.59. The van der Waals surface area contributed by atoms with E-state index in [4.69, 9.17) is 0 Å². The molecule has 1 aliphatic rings. The summed E-state index contributed by atoms with van der Waals surface area (Å²) in [5, 5.41) is 2.92. The summed E-state index contributed by atoms with van der Waals surface area (Å²) in [6.45, 7) is 4.64. The van der Waals surface area contributed by atoms with Crippen LogP contribution in [0.5, 0.6) is 0 Å². The molecular formula is C21H25FN2O3S. The third-order valence-electron chi connectivity index (χ3n) is 5.03. The predicted octanol–water partition coefficient (Wildman–Crippen LogP) is 3.99. The zero-order chi connectivity index (χ0) is 20.3. The van der Waals surface area contributed by atoms with Crippen molar-refractivity contribution >= 4 is 21.6 Å². The smallest absolute Gasteiger partial charge is 0.243 e. The molecule has 28 heavy (non-hydrogen) atoms. The molecule has 0 unspecified atom stereocenters. The van der Waals surface area contributed by atoms with E-state index in [-0.39, 0.29) is 17.3 Å². The van der Waals surface area contributed by atoms with Crippen molar-refractivity contribution in [2.24, 2.45) is 5.92 Å². The molecule has 1 N–H and O–H groups in total. The fourth-order valence-corrected chi connectivity index (χ4v) is 4.87. The second kappa shape index (κ2) is 8.41. The van der Waals surface area contributed by atoms with Gasteiger partial charge >= 0.3 is 0 Å². The van der Waals surface area contributed by atoms with Crippen LogP contribution in [-0.2, 0) is 14.8 Å². The zero-order valence-corrected chi connectivity index (χ0v) is 16.9. The number of piperidine rings is 1. The lowest BCUT2D eigenvalue weighted by Gasteiger charge is -2.31. The number of rotatable bonds is 5. The molecule has 2 aromatic carbocycles. The Kier molecular flexibility index (Phi) is 6.15. The van der Waals surface area contributed by atoms with Gasteiger partial charge in [0.25, 0.3) is 0 Å². The Labute approximate surface area is 165 Å². The molecule has 7 heteroatoms. The van der Waals surface area contributed by atoms with Gasteiger partial charge in [0.05, 0.1) is 10.8 Å². The SMILES string of the molecule is CC(C)c1cccc(NC(=O)[C@H]2CCCN(S(=O)(=O)c3ccc(F)cc3)C2)c1. The van der Waals surface area contributed by atoms with Gasteiger partial charge in [0.15, 0.2) is 0 Å². The van der Waals surface area contributed by atoms with Crippen LogP contribution < -0.4 is 5.32 Å². The van der Waals surface area contributed by atoms with Crippen molar-refractivity contribution in [3.8, 4) is 0 Å². The van der Waals surface area contributed by atoms with E-state index in [1.807, 2.05) is 24.3 Å². The molecule has 0 spiro atoms. The van der Waals surface area contributed by atoms with Gasteiger partial charge in [-0.25, -0.2) is 12.8 Å². The van der Waals surface area contributed by atoms with Crippen LogP contribution in [0.2, 0.25) is 0 Å². The second-order valence-electron chi connectivity index (χ2n) is 7.43. The highest BCUT2D eigenvalue weighted by Crippen LogP contribution is 2.25. The molecule has 1 saturated heterocycles. The quantitative estimate of drug-likeness (QED) is 0.819. The molecule has 5 nitrogen and oxygen atoms in total. The van der Waals surface area contributed by atoms with Crippen molar-refractivity contribution in [2.45, 2.75) is 37.5 Å². The molecule has 0 bridgehead atoms. The first-order valence-electron chi connectivity index (χ1n) is 9.44. The predicted molar refractivity (Wildman–Crippen MR) is 107 cm³/mol. The van der Waals surface area contributed by atoms with Crippen LogP contribution in [0.1, 0.15) is 38.2 Å². The van der Waals surface area contributed by atoms with Crippen molar-refractivity contribution in [2.75, 3.05) is 18.4 Å². The largest absolute Gasteiger partial charge is 0.326 e. The Morgan fingerprint density at radius 3 is 2.57 bits per heavy atom. The lowest BCUT2D eigenvalue weighted by molar-refractivity contribution is -0.120. The van der Waals surface area contributed by atoms with Crippen LogP contribution in [0, 0.1) is 11.7 Å². The molecule has 1 amide bonds. The van der Waals surface area contributed by atoms with E-state index in [1.54, 1.807) is 0 Å². The number of nitrogens with zero attached hydrogens (tertiary/aromatic N) is 1. The summed E-state index contributed by atoms with van der Waals surface area (Å²) in [6, 6.07) is 12.5. The minimum Gasteiger partial charge on any atom is -0.326 e. The summed E-state index contributed by atoms with van der Waals surface area (Å²) >= 11 is 0. The monoisotopic (exact) mass is 404 g/mol. The topological polar surface area (TPSA) is 66.5 Å². The molecule has 3 rings (SSSR count). The van der Waals surface area contributed by atoms with E-state index in [1.165, 1.54) is 16.4 Å². The maximum Gasteiger partial charge on any atom is 0.243 e. The third-order valence-corrected chi connectivity index (χ3v) is 6.91. The normalized spacial score (nSPS) is 18.2. The molecular weight excluding hydrogens is 379 g/mol. The van der Waals surface area contributed by atoms with Gasteiger partial charge in [-0.1, -0.05) is 26.0 Å². The molecule has 150 valence electrons. The second-order valence-corrected chi connectivity index (χ2v) is 9.36. The number of benzene rings is 2. The number of anilines is 1. The van der Waals surface area contributed by atoms with Crippen molar-refractivity contribution in [1.29, 1.82) is 0 Å². The van der Waals surface area contributed by atoms with Gasteiger partial charge in [-0.3, -0.25) is 4.79 Å². The van der Waals surface area contributed by atoms with Gasteiger partial charge in [0.2, 0.25) is 15.9 Å². The summed E-state index contributed by atoms with van der Waals surface area (Å²) in [7, 11) is -3.75. The first kappa shape index (κ1) is 20.5. The number of carbonyl (C=O) groups excluding carboxylic acids is 1. The fourth-order valence-electron chi connectivity index (χ4n) is 3.35. The number of carbonyl (C=O) groups is 1. The van der Waals surface area contributed by atoms with E-state index >= 15 is 0 Å². The van der Waals surface area contributed by atoms with Gasteiger partial charge in [-0.15, -0.1) is 0 Å². The molecule has 2 aromatic rings. The van der Waals surface area contributed by atoms with Crippen molar-refractivity contribution in [1.82, 2.24) is 4.31 Å². The van der Waals surface area contributed by atoms with E-state index in [0.717, 1.165) is 23.4 Å².